The number of benzene rings is 2. The molecule has 9 heteroatoms. The van der Waals surface area contributed by atoms with Crippen LogP contribution in [-0.2, 0) is 22.5 Å². The van der Waals surface area contributed by atoms with Gasteiger partial charge in [-0.1, -0.05) is 30.3 Å². The minimum atomic E-state index is -0.669. The second kappa shape index (κ2) is 11.0. The fourth-order valence-electron chi connectivity index (χ4n) is 4.56. The summed E-state index contributed by atoms with van der Waals surface area (Å²) in [5.41, 5.74) is 10.1. The van der Waals surface area contributed by atoms with Crippen LogP contribution >= 0.6 is 0 Å². The molecule has 4 aromatic rings. The van der Waals surface area contributed by atoms with Gasteiger partial charge in [0.2, 0.25) is 5.88 Å². The number of nitrogens with two attached hydrogens (primary N) is 1. The third-order valence-corrected chi connectivity index (χ3v) is 6.53. The summed E-state index contributed by atoms with van der Waals surface area (Å²) in [6.45, 7) is 4.97. The highest BCUT2D eigenvalue weighted by molar-refractivity contribution is 5.99. The topological polar surface area (TPSA) is 109 Å². The molecule has 0 spiro atoms. The first kappa shape index (κ1) is 25.4. The normalized spacial score (nSPS) is 13.4. The van der Waals surface area contributed by atoms with Crippen LogP contribution in [0.25, 0.3) is 21.9 Å². The van der Waals surface area contributed by atoms with Gasteiger partial charge in [0.25, 0.3) is 0 Å². The van der Waals surface area contributed by atoms with Gasteiger partial charge in [0.05, 0.1) is 25.5 Å². The van der Waals surface area contributed by atoms with Crippen molar-refractivity contribution in [1.29, 1.82) is 0 Å². The Labute approximate surface area is 220 Å². The molecule has 1 unspecified atom stereocenters. The molecule has 0 saturated heterocycles. The molecule has 1 atom stereocenters. The van der Waals surface area contributed by atoms with Gasteiger partial charge in [-0.3, -0.25) is 5.32 Å². The lowest BCUT2D eigenvalue weighted by Crippen LogP contribution is -2.24. The fraction of sp³-hybridized carbons (Fsp3) is 0.276. The fourth-order valence-corrected chi connectivity index (χ4v) is 4.56. The molecular formula is C29H29FN4O4. The number of halogens is 1. The molecule has 1 aliphatic heterocycles. The van der Waals surface area contributed by atoms with E-state index in [9.17, 15) is 4.79 Å². The number of anilines is 2. The predicted molar refractivity (Wildman–Crippen MR) is 144 cm³/mol. The van der Waals surface area contributed by atoms with Crippen molar-refractivity contribution in [2.24, 2.45) is 0 Å². The lowest BCUT2D eigenvalue weighted by atomic mass is 9.93. The quantitative estimate of drug-likeness (QED) is 0.299. The Balaban J connectivity index is 1.31. The van der Waals surface area contributed by atoms with Gasteiger partial charge in [0.15, 0.2) is 5.82 Å². The van der Waals surface area contributed by atoms with Crippen LogP contribution in [0.3, 0.4) is 0 Å². The van der Waals surface area contributed by atoms with Crippen LogP contribution in [0.15, 0.2) is 54.9 Å². The van der Waals surface area contributed by atoms with Crippen molar-refractivity contribution in [2.75, 3.05) is 24.3 Å². The zero-order chi connectivity index (χ0) is 26.6. The Morgan fingerprint density at radius 1 is 1.18 bits per heavy atom. The van der Waals surface area contributed by atoms with Crippen LogP contribution in [0, 0.1) is 12.7 Å². The molecule has 0 fully saturated rings. The van der Waals surface area contributed by atoms with Gasteiger partial charge < -0.3 is 19.9 Å². The van der Waals surface area contributed by atoms with Crippen LogP contribution < -0.4 is 15.8 Å². The van der Waals surface area contributed by atoms with E-state index in [-0.39, 0.29) is 18.1 Å². The number of nitrogens with one attached hydrogen (secondary N) is 1. The molecule has 2 aromatic carbocycles. The molecule has 1 amide bonds. The Hall–Kier alpha value is -4.24. The number of ether oxygens (including phenoxy) is 3. The highest BCUT2D eigenvalue weighted by Gasteiger charge is 2.21. The van der Waals surface area contributed by atoms with Crippen LogP contribution in [0.4, 0.5) is 20.7 Å². The Kier molecular flexibility index (Phi) is 7.37. The number of amides is 1. The largest absolute Gasteiger partial charge is 0.477 e. The van der Waals surface area contributed by atoms with E-state index in [0.29, 0.717) is 41.0 Å². The lowest BCUT2D eigenvalue weighted by molar-refractivity contribution is 0.0268. The third-order valence-electron chi connectivity index (χ3n) is 6.53. The molecular weight excluding hydrogens is 487 g/mol. The van der Waals surface area contributed by atoms with Crippen LogP contribution in [-0.4, -0.2) is 35.4 Å². The van der Waals surface area contributed by atoms with Gasteiger partial charge in [-0.25, -0.2) is 19.2 Å². The van der Waals surface area contributed by atoms with E-state index in [2.05, 4.69) is 15.3 Å². The van der Waals surface area contributed by atoms with Crippen LogP contribution in [0.2, 0.25) is 0 Å². The van der Waals surface area contributed by atoms with Crippen molar-refractivity contribution in [3.05, 3.63) is 77.4 Å². The summed E-state index contributed by atoms with van der Waals surface area (Å²) in [4.78, 5) is 21.1. The highest BCUT2D eigenvalue weighted by Crippen LogP contribution is 2.38. The van der Waals surface area contributed by atoms with E-state index in [4.69, 9.17) is 19.9 Å². The molecule has 0 saturated carbocycles. The van der Waals surface area contributed by atoms with Gasteiger partial charge in [-0.2, -0.15) is 0 Å². The molecule has 0 radical (unpaired) electrons. The molecule has 2 aromatic heterocycles. The Bertz CT molecular complexity index is 1480. The zero-order valence-electron chi connectivity index (χ0n) is 21.3. The summed E-state index contributed by atoms with van der Waals surface area (Å²) >= 11 is 0. The number of hydrogen-bond donors (Lipinski definition) is 2. The number of hydrogen-bond acceptors (Lipinski definition) is 7. The molecule has 196 valence electrons. The monoisotopic (exact) mass is 516 g/mol. The molecule has 3 heterocycles. The smallest absolute Gasteiger partial charge is 0.413 e. The standard InChI is InChI=1S/C29H29FN4O4/c1-17(15-36-16-19-7-4-3-5-8-19)38-29(35)34-25-12-20-11-22(26(30)27(31)24(20)14-32-25)23-13-33-28-21(18(23)2)9-6-10-37-28/h3-5,7-8,11-14,17H,6,9-10,15-16,31H2,1-2H3,(H,32,34,35). The number of carbonyl (C=O) groups is 1. The van der Waals surface area contributed by atoms with E-state index in [1.807, 2.05) is 37.3 Å². The second-order valence-electron chi connectivity index (χ2n) is 9.32. The van der Waals surface area contributed by atoms with E-state index in [1.165, 1.54) is 6.20 Å². The second-order valence-corrected chi connectivity index (χ2v) is 9.32. The number of pyridine rings is 2. The summed E-state index contributed by atoms with van der Waals surface area (Å²) in [6.07, 6.45) is 3.61. The van der Waals surface area contributed by atoms with E-state index in [0.717, 1.165) is 29.5 Å². The van der Waals surface area contributed by atoms with Gasteiger partial charge in [0.1, 0.15) is 11.9 Å². The van der Waals surface area contributed by atoms with Crippen LogP contribution in [0.5, 0.6) is 5.88 Å². The van der Waals surface area contributed by atoms with E-state index >= 15 is 4.39 Å². The number of rotatable bonds is 7. The van der Waals surface area contributed by atoms with Crippen molar-refractivity contribution in [2.45, 2.75) is 39.4 Å². The van der Waals surface area contributed by atoms with Crippen molar-refractivity contribution < 1.29 is 23.4 Å². The summed E-state index contributed by atoms with van der Waals surface area (Å²) in [7, 11) is 0. The maximum absolute atomic E-state index is 15.4. The Morgan fingerprint density at radius 2 is 2.00 bits per heavy atom. The first-order valence-corrected chi connectivity index (χ1v) is 12.5. The summed E-state index contributed by atoms with van der Waals surface area (Å²) in [5.74, 6) is 0.316. The molecule has 1 aliphatic rings. The summed E-state index contributed by atoms with van der Waals surface area (Å²) in [5, 5.41) is 3.69. The summed E-state index contributed by atoms with van der Waals surface area (Å²) in [6, 6.07) is 13.1. The lowest BCUT2D eigenvalue weighted by Gasteiger charge is -2.20. The number of fused-ring (bicyclic) bond motifs is 2. The SMILES string of the molecule is Cc1c(-c2cc3cc(NC(=O)OC(C)COCc4ccccc4)ncc3c(N)c2F)cnc2c1CCCO2. The summed E-state index contributed by atoms with van der Waals surface area (Å²) < 4.78 is 32.0. The van der Waals surface area contributed by atoms with E-state index in [1.54, 1.807) is 25.3 Å². The van der Waals surface area contributed by atoms with Gasteiger partial charge in [-0.15, -0.1) is 0 Å². The minimum absolute atomic E-state index is 0.0170. The number of nitrogens with zero attached hydrogens (tertiary/aromatic N) is 2. The molecule has 3 N–H and O–H groups in total. The van der Waals surface area contributed by atoms with Crippen molar-refractivity contribution >= 4 is 28.4 Å². The first-order valence-electron chi connectivity index (χ1n) is 12.5. The molecule has 38 heavy (non-hydrogen) atoms. The Morgan fingerprint density at radius 3 is 2.82 bits per heavy atom. The first-order chi connectivity index (χ1) is 18.4. The van der Waals surface area contributed by atoms with Crippen molar-refractivity contribution in [1.82, 2.24) is 9.97 Å². The predicted octanol–water partition coefficient (Wildman–Crippen LogP) is 5.81. The van der Waals surface area contributed by atoms with Gasteiger partial charge >= 0.3 is 6.09 Å². The van der Waals surface area contributed by atoms with Crippen LogP contribution in [0.1, 0.15) is 30.0 Å². The number of nitrogen functional groups attached to an aromatic ring is 1. The zero-order valence-corrected chi connectivity index (χ0v) is 21.3. The maximum Gasteiger partial charge on any atom is 0.413 e. The molecule has 0 bridgehead atoms. The molecule has 0 aliphatic carbocycles. The maximum atomic E-state index is 15.4. The average Bonchev–Trinajstić information content (AvgIpc) is 2.92. The highest BCUT2D eigenvalue weighted by atomic mass is 19.1. The average molecular weight is 517 g/mol. The number of carbonyl (C=O) groups excluding carboxylic acids is 1. The van der Waals surface area contributed by atoms with Crippen molar-refractivity contribution in [3.63, 3.8) is 0 Å². The van der Waals surface area contributed by atoms with Crippen molar-refractivity contribution in [3.8, 4) is 17.0 Å². The van der Waals surface area contributed by atoms with Gasteiger partial charge in [0, 0.05) is 34.5 Å². The minimum Gasteiger partial charge on any atom is -0.477 e. The molecule has 8 nitrogen and oxygen atoms in total. The third kappa shape index (κ3) is 5.38. The van der Waals surface area contributed by atoms with E-state index < -0.39 is 18.0 Å². The number of aromatic nitrogens is 2. The van der Waals surface area contributed by atoms with Gasteiger partial charge in [-0.05, 0) is 55.3 Å². The molecule has 5 rings (SSSR count).